The topological polar surface area (TPSA) is 84.7 Å². The molecule has 0 aliphatic rings. The zero-order chi connectivity index (χ0) is 14.5. The highest BCUT2D eigenvalue weighted by Crippen LogP contribution is 2.24. The van der Waals surface area contributed by atoms with Crippen molar-refractivity contribution in [1.82, 2.24) is 29.7 Å². The van der Waals surface area contributed by atoms with E-state index in [0.717, 1.165) is 18.2 Å². The Morgan fingerprint density at radius 3 is 2.55 bits per heavy atom. The Hall–Kier alpha value is -1.90. The average Bonchev–Trinajstić information content (AvgIpc) is 2.85. The molecule has 0 unspecified atom stereocenters. The standard InChI is InChI=1S/C11H18N8S/c1-5-19(6-2)9-14-8(12-3)15-10(16-9)20-11-17-13-7-18(11)4/h7H,5-6H2,1-4H3,(H,12,14,15,16). The molecular weight excluding hydrogens is 276 g/mol. The van der Waals surface area contributed by atoms with Crippen LogP contribution in [-0.4, -0.2) is 49.9 Å². The number of aromatic nitrogens is 6. The summed E-state index contributed by atoms with van der Waals surface area (Å²) in [5, 5.41) is 12.2. The molecule has 2 aromatic rings. The summed E-state index contributed by atoms with van der Waals surface area (Å²) >= 11 is 1.36. The third-order valence-corrected chi connectivity index (χ3v) is 3.64. The molecule has 108 valence electrons. The Morgan fingerprint density at radius 1 is 1.25 bits per heavy atom. The molecule has 0 saturated carbocycles. The minimum Gasteiger partial charge on any atom is -0.357 e. The first-order valence-corrected chi connectivity index (χ1v) is 7.20. The first-order valence-electron chi connectivity index (χ1n) is 6.38. The summed E-state index contributed by atoms with van der Waals surface area (Å²) in [5.41, 5.74) is 0. The third-order valence-electron chi connectivity index (χ3n) is 2.73. The van der Waals surface area contributed by atoms with Gasteiger partial charge in [-0.25, -0.2) is 0 Å². The Balaban J connectivity index is 2.32. The van der Waals surface area contributed by atoms with Crippen molar-refractivity contribution in [2.75, 3.05) is 30.4 Å². The highest BCUT2D eigenvalue weighted by atomic mass is 32.2. The first-order chi connectivity index (χ1) is 9.67. The van der Waals surface area contributed by atoms with E-state index >= 15 is 0 Å². The van der Waals surface area contributed by atoms with Crippen LogP contribution in [0.15, 0.2) is 16.6 Å². The Labute approximate surface area is 122 Å². The lowest BCUT2D eigenvalue weighted by Gasteiger charge is -2.19. The fraction of sp³-hybridized carbons (Fsp3) is 0.545. The highest BCUT2D eigenvalue weighted by Gasteiger charge is 2.13. The van der Waals surface area contributed by atoms with Gasteiger partial charge in [-0.05, 0) is 25.6 Å². The monoisotopic (exact) mass is 294 g/mol. The molecule has 0 aliphatic carbocycles. The SMILES string of the molecule is CCN(CC)c1nc(NC)nc(Sc2nncn2C)n1. The van der Waals surface area contributed by atoms with Crippen LogP contribution in [0.1, 0.15) is 13.8 Å². The minimum absolute atomic E-state index is 0.548. The van der Waals surface area contributed by atoms with Gasteiger partial charge in [-0.1, -0.05) is 0 Å². The van der Waals surface area contributed by atoms with Crippen molar-refractivity contribution in [1.29, 1.82) is 0 Å². The van der Waals surface area contributed by atoms with E-state index in [1.54, 1.807) is 13.4 Å². The molecule has 0 saturated heterocycles. The molecule has 2 heterocycles. The molecule has 0 atom stereocenters. The molecule has 20 heavy (non-hydrogen) atoms. The molecule has 0 aliphatic heterocycles. The summed E-state index contributed by atoms with van der Waals surface area (Å²) in [6, 6.07) is 0. The Morgan fingerprint density at radius 2 is 2.00 bits per heavy atom. The van der Waals surface area contributed by atoms with Crippen LogP contribution in [0.2, 0.25) is 0 Å². The number of hydrogen-bond donors (Lipinski definition) is 1. The first kappa shape index (κ1) is 14.5. The predicted octanol–water partition coefficient (Wildman–Crippen LogP) is 1.04. The van der Waals surface area contributed by atoms with E-state index in [0.29, 0.717) is 17.1 Å². The lowest BCUT2D eigenvalue weighted by atomic mass is 10.5. The second-order valence-corrected chi connectivity index (χ2v) is 4.92. The third kappa shape index (κ3) is 3.16. The van der Waals surface area contributed by atoms with Crippen molar-refractivity contribution in [3.8, 4) is 0 Å². The molecule has 0 aromatic carbocycles. The van der Waals surface area contributed by atoms with Gasteiger partial charge in [-0.2, -0.15) is 15.0 Å². The smallest absolute Gasteiger partial charge is 0.231 e. The Bertz CT molecular complexity index is 565. The molecule has 0 amide bonds. The summed E-state index contributed by atoms with van der Waals surface area (Å²) in [6.45, 7) is 5.83. The van der Waals surface area contributed by atoms with E-state index in [-0.39, 0.29) is 0 Å². The predicted molar refractivity (Wildman–Crippen MR) is 78.1 cm³/mol. The van der Waals surface area contributed by atoms with Gasteiger partial charge in [0.15, 0.2) is 5.16 Å². The number of rotatable bonds is 6. The van der Waals surface area contributed by atoms with E-state index < -0.39 is 0 Å². The minimum atomic E-state index is 0.548. The molecule has 0 fully saturated rings. The molecule has 0 spiro atoms. The molecule has 2 aromatic heterocycles. The summed E-state index contributed by atoms with van der Waals surface area (Å²) in [5.74, 6) is 1.21. The largest absolute Gasteiger partial charge is 0.357 e. The number of nitrogens with one attached hydrogen (secondary N) is 1. The fourth-order valence-corrected chi connectivity index (χ4v) is 2.30. The zero-order valence-electron chi connectivity index (χ0n) is 12.0. The van der Waals surface area contributed by atoms with Gasteiger partial charge in [0.25, 0.3) is 0 Å². The van der Waals surface area contributed by atoms with Crippen molar-refractivity contribution in [2.24, 2.45) is 7.05 Å². The second-order valence-electron chi connectivity index (χ2n) is 3.99. The van der Waals surface area contributed by atoms with Gasteiger partial charge in [0.1, 0.15) is 6.33 Å². The number of aryl methyl sites for hydroxylation is 1. The Kier molecular flexibility index (Phi) is 4.72. The van der Waals surface area contributed by atoms with Gasteiger partial charge in [-0.3, -0.25) is 0 Å². The van der Waals surface area contributed by atoms with Crippen LogP contribution in [0.3, 0.4) is 0 Å². The van der Waals surface area contributed by atoms with Crippen molar-refractivity contribution in [2.45, 2.75) is 24.2 Å². The zero-order valence-corrected chi connectivity index (χ0v) is 12.8. The quantitative estimate of drug-likeness (QED) is 0.846. The highest BCUT2D eigenvalue weighted by molar-refractivity contribution is 7.99. The van der Waals surface area contributed by atoms with Gasteiger partial charge >= 0.3 is 0 Å². The van der Waals surface area contributed by atoms with Crippen molar-refractivity contribution < 1.29 is 0 Å². The fourth-order valence-electron chi connectivity index (χ4n) is 1.60. The van der Waals surface area contributed by atoms with Crippen LogP contribution < -0.4 is 10.2 Å². The molecule has 0 bridgehead atoms. The summed E-state index contributed by atoms with van der Waals surface area (Å²) in [4.78, 5) is 15.3. The summed E-state index contributed by atoms with van der Waals surface area (Å²) in [7, 11) is 3.67. The summed E-state index contributed by atoms with van der Waals surface area (Å²) < 4.78 is 1.82. The molecule has 2 rings (SSSR count). The van der Waals surface area contributed by atoms with Gasteiger partial charge in [0.2, 0.25) is 17.1 Å². The molecular formula is C11H18N8S. The van der Waals surface area contributed by atoms with Crippen molar-refractivity contribution in [3.63, 3.8) is 0 Å². The molecule has 0 radical (unpaired) electrons. The maximum atomic E-state index is 4.48. The van der Waals surface area contributed by atoms with Crippen molar-refractivity contribution >= 4 is 23.7 Å². The second kappa shape index (κ2) is 6.51. The molecule has 9 heteroatoms. The average molecular weight is 294 g/mol. The van der Waals surface area contributed by atoms with Gasteiger partial charge in [0.05, 0.1) is 0 Å². The van der Waals surface area contributed by atoms with Crippen LogP contribution in [0.4, 0.5) is 11.9 Å². The van der Waals surface area contributed by atoms with Crippen LogP contribution >= 0.6 is 11.8 Å². The number of nitrogens with zero attached hydrogens (tertiary/aromatic N) is 7. The number of anilines is 2. The van der Waals surface area contributed by atoms with Gasteiger partial charge < -0.3 is 14.8 Å². The van der Waals surface area contributed by atoms with Crippen LogP contribution in [0.25, 0.3) is 0 Å². The van der Waals surface area contributed by atoms with Gasteiger partial charge in [0, 0.05) is 27.2 Å². The van der Waals surface area contributed by atoms with Crippen LogP contribution in [0, 0.1) is 0 Å². The maximum Gasteiger partial charge on any atom is 0.231 e. The van der Waals surface area contributed by atoms with E-state index in [2.05, 4.69) is 49.2 Å². The molecule has 1 N–H and O–H groups in total. The van der Waals surface area contributed by atoms with Crippen molar-refractivity contribution in [3.05, 3.63) is 6.33 Å². The van der Waals surface area contributed by atoms with Gasteiger partial charge in [-0.15, -0.1) is 10.2 Å². The molecule has 8 nitrogen and oxygen atoms in total. The normalized spacial score (nSPS) is 10.6. The lowest BCUT2D eigenvalue weighted by Crippen LogP contribution is -2.25. The van der Waals surface area contributed by atoms with E-state index in [4.69, 9.17) is 0 Å². The van der Waals surface area contributed by atoms with Crippen LogP contribution in [-0.2, 0) is 7.05 Å². The number of hydrogen-bond acceptors (Lipinski definition) is 8. The van der Waals surface area contributed by atoms with E-state index in [1.807, 2.05) is 11.6 Å². The van der Waals surface area contributed by atoms with E-state index in [9.17, 15) is 0 Å². The summed E-state index contributed by atoms with van der Waals surface area (Å²) in [6.07, 6.45) is 1.65. The maximum absolute atomic E-state index is 4.48. The van der Waals surface area contributed by atoms with Crippen LogP contribution in [0.5, 0.6) is 0 Å². The lowest BCUT2D eigenvalue weighted by molar-refractivity contribution is 0.768. The van der Waals surface area contributed by atoms with E-state index in [1.165, 1.54) is 11.8 Å².